The van der Waals surface area contributed by atoms with Gasteiger partial charge in [0.1, 0.15) is 5.69 Å². The van der Waals surface area contributed by atoms with Crippen LogP contribution in [-0.4, -0.2) is 37.8 Å². The molecular formula is C11H15N7. The molecule has 18 heavy (non-hydrogen) atoms. The molecule has 0 saturated carbocycles. The molecule has 1 saturated heterocycles. The summed E-state index contributed by atoms with van der Waals surface area (Å²) in [5.41, 5.74) is 6.46. The van der Waals surface area contributed by atoms with Crippen LogP contribution in [-0.2, 0) is 7.05 Å². The second-order valence-electron chi connectivity index (χ2n) is 4.39. The Labute approximate surface area is 105 Å². The Morgan fingerprint density at radius 2 is 1.94 bits per heavy atom. The van der Waals surface area contributed by atoms with Crippen molar-refractivity contribution in [1.29, 1.82) is 0 Å². The van der Waals surface area contributed by atoms with Gasteiger partial charge in [-0.2, -0.15) is 20.1 Å². The maximum absolute atomic E-state index is 5.75. The van der Waals surface area contributed by atoms with Crippen LogP contribution in [0.3, 0.4) is 0 Å². The van der Waals surface area contributed by atoms with E-state index < -0.39 is 0 Å². The van der Waals surface area contributed by atoms with Crippen LogP contribution in [0.4, 0.5) is 11.9 Å². The number of nitrogens with two attached hydrogens (primary N) is 1. The van der Waals surface area contributed by atoms with Gasteiger partial charge in [-0.15, -0.1) is 0 Å². The van der Waals surface area contributed by atoms with Crippen LogP contribution in [0.15, 0.2) is 12.3 Å². The van der Waals surface area contributed by atoms with E-state index in [1.165, 1.54) is 12.8 Å². The molecule has 7 heteroatoms. The van der Waals surface area contributed by atoms with Gasteiger partial charge in [0.15, 0.2) is 5.82 Å². The fourth-order valence-electron chi connectivity index (χ4n) is 2.09. The van der Waals surface area contributed by atoms with Crippen LogP contribution >= 0.6 is 0 Å². The van der Waals surface area contributed by atoms with Gasteiger partial charge in [0, 0.05) is 26.3 Å². The molecule has 0 spiro atoms. The molecule has 1 fully saturated rings. The molecule has 0 amide bonds. The van der Waals surface area contributed by atoms with Crippen molar-refractivity contribution in [3.05, 3.63) is 12.3 Å². The van der Waals surface area contributed by atoms with Crippen molar-refractivity contribution in [2.75, 3.05) is 23.7 Å². The average Bonchev–Trinajstić information content (AvgIpc) is 2.98. The summed E-state index contributed by atoms with van der Waals surface area (Å²) >= 11 is 0. The van der Waals surface area contributed by atoms with E-state index in [2.05, 4.69) is 25.0 Å². The van der Waals surface area contributed by atoms with Crippen molar-refractivity contribution >= 4 is 11.9 Å². The highest BCUT2D eigenvalue weighted by Crippen LogP contribution is 2.19. The van der Waals surface area contributed by atoms with E-state index in [0.29, 0.717) is 17.5 Å². The lowest BCUT2D eigenvalue weighted by Gasteiger charge is -2.15. The maximum atomic E-state index is 5.75. The summed E-state index contributed by atoms with van der Waals surface area (Å²) in [6.45, 7) is 1.95. The SMILES string of the molecule is Cn1ccc(-c2nc(N)nc(N3CCCC3)n2)n1. The fraction of sp³-hybridized carbons (Fsp3) is 0.455. The Hall–Kier alpha value is -2.18. The van der Waals surface area contributed by atoms with Crippen molar-refractivity contribution < 1.29 is 0 Å². The van der Waals surface area contributed by atoms with Crippen LogP contribution < -0.4 is 10.6 Å². The second-order valence-corrected chi connectivity index (χ2v) is 4.39. The third-order valence-electron chi connectivity index (χ3n) is 2.97. The predicted octanol–water partition coefficient (Wildman–Crippen LogP) is 0.454. The highest BCUT2D eigenvalue weighted by Gasteiger charge is 2.17. The summed E-state index contributed by atoms with van der Waals surface area (Å²) in [6, 6.07) is 1.86. The normalized spacial score (nSPS) is 15.3. The molecule has 0 atom stereocenters. The Morgan fingerprint density at radius 3 is 2.61 bits per heavy atom. The number of aromatic nitrogens is 5. The molecule has 2 aromatic rings. The lowest BCUT2D eigenvalue weighted by Crippen LogP contribution is -2.21. The molecule has 3 rings (SSSR count). The molecule has 0 unspecified atom stereocenters. The Bertz CT molecular complexity index is 556. The maximum Gasteiger partial charge on any atom is 0.230 e. The molecule has 0 aromatic carbocycles. The van der Waals surface area contributed by atoms with Crippen LogP contribution in [0.1, 0.15) is 12.8 Å². The van der Waals surface area contributed by atoms with Crippen molar-refractivity contribution in [1.82, 2.24) is 24.7 Å². The number of hydrogen-bond donors (Lipinski definition) is 1. The lowest BCUT2D eigenvalue weighted by atomic mass is 10.4. The van der Waals surface area contributed by atoms with Gasteiger partial charge in [-0.05, 0) is 18.9 Å². The standard InChI is InChI=1S/C11H15N7/c1-17-7-4-8(16-17)9-13-10(12)15-11(14-9)18-5-2-3-6-18/h4,7H,2-3,5-6H2,1H3,(H2,12,13,14,15). The summed E-state index contributed by atoms with van der Waals surface area (Å²) in [6.07, 6.45) is 4.19. The first kappa shape index (κ1) is 10.9. The third kappa shape index (κ3) is 1.99. The molecule has 3 heterocycles. The molecule has 94 valence electrons. The van der Waals surface area contributed by atoms with E-state index in [0.717, 1.165) is 13.1 Å². The minimum atomic E-state index is 0.243. The second kappa shape index (κ2) is 4.25. The van der Waals surface area contributed by atoms with Crippen LogP contribution in [0.5, 0.6) is 0 Å². The monoisotopic (exact) mass is 245 g/mol. The molecule has 0 bridgehead atoms. The lowest BCUT2D eigenvalue weighted by molar-refractivity contribution is 0.767. The highest BCUT2D eigenvalue weighted by atomic mass is 15.3. The summed E-state index contributed by atoms with van der Waals surface area (Å²) in [7, 11) is 1.86. The van der Waals surface area contributed by atoms with Gasteiger partial charge in [-0.1, -0.05) is 0 Å². The first-order valence-corrected chi connectivity index (χ1v) is 5.99. The number of anilines is 2. The van der Waals surface area contributed by atoms with Crippen LogP contribution in [0, 0.1) is 0 Å². The summed E-state index contributed by atoms with van der Waals surface area (Å²) in [4.78, 5) is 14.9. The first-order chi connectivity index (χ1) is 8.72. The van der Waals surface area contributed by atoms with E-state index in [9.17, 15) is 0 Å². The van der Waals surface area contributed by atoms with Crippen LogP contribution in [0.2, 0.25) is 0 Å². The van der Waals surface area contributed by atoms with E-state index in [1.807, 2.05) is 19.3 Å². The van der Waals surface area contributed by atoms with E-state index >= 15 is 0 Å². The highest BCUT2D eigenvalue weighted by molar-refractivity contribution is 5.52. The number of hydrogen-bond acceptors (Lipinski definition) is 6. The summed E-state index contributed by atoms with van der Waals surface area (Å²) in [5, 5.41) is 4.28. The Kier molecular flexibility index (Phi) is 2.58. The van der Waals surface area contributed by atoms with Gasteiger partial charge in [0.25, 0.3) is 0 Å². The minimum absolute atomic E-state index is 0.243. The van der Waals surface area contributed by atoms with Gasteiger partial charge in [-0.25, -0.2) is 0 Å². The molecule has 0 radical (unpaired) electrons. The molecule has 2 aromatic heterocycles. The summed E-state index contributed by atoms with van der Waals surface area (Å²) in [5.74, 6) is 1.43. The smallest absolute Gasteiger partial charge is 0.230 e. The molecule has 2 N–H and O–H groups in total. The first-order valence-electron chi connectivity index (χ1n) is 5.99. The Balaban J connectivity index is 1.99. The molecule has 1 aliphatic rings. The van der Waals surface area contributed by atoms with E-state index in [-0.39, 0.29) is 5.95 Å². The van der Waals surface area contributed by atoms with Crippen molar-refractivity contribution in [2.24, 2.45) is 7.05 Å². The number of aryl methyl sites for hydroxylation is 1. The van der Waals surface area contributed by atoms with Gasteiger partial charge in [0.05, 0.1) is 0 Å². The zero-order valence-electron chi connectivity index (χ0n) is 10.2. The molecular weight excluding hydrogens is 230 g/mol. The van der Waals surface area contributed by atoms with Gasteiger partial charge in [0.2, 0.25) is 11.9 Å². The van der Waals surface area contributed by atoms with Gasteiger partial charge in [-0.3, -0.25) is 4.68 Å². The van der Waals surface area contributed by atoms with Crippen molar-refractivity contribution in [3.63, 3.8) is 0 Å². The topological polar surface area (TPSA) is 85.8 Å². The third-order valence-corrected chi connectivity index (χ3v) is 2.97. The number of rotatable bonds is 2. The Morgan fingerprint density at radius 1 is 1.17 bits per heavy atom. The number of nitrogen functional groups attached to an aromatic ring is 1. The number of nitrogens with zero attached hydrogens (tertiary/aromatic N) is 6. The van der Waals surface area contributed by atoms with E-state index in [1.54, 1.807) is 4.68 Å². The fourth-order valence-corrected chi connectivity index (χ4v) is 2.09. The average molecular weight is 245 g/mol. The molecule has 1 aliphatic heterocycles. The minimum Gasteiger partial charge on any atom is -0.368 e. The van der Waals surface area contributed by atoms with Crippen molar-refractivity contribution in [2.45, 2.75) is 12.8 Å². The van der Waals surface area contributed by atoms with Gasteiger partial charge < -0.3 is 10.6 Å². The quantitative estimate of drug-likeness (QED) is 0.827. The summed E-state index contributed by atoms with van der Waals surface area (Å²) < 4.78 is 1.71. The zero-order chi connectivity index (χ0) is 12.5. The van der Waals surface area contributed by atoms with E-state index in [4.69, 9.17) is 5.73 Å². The largest absolute Gasteiger partial charge is 0.368 e. The van der Waals surface area contributed by atoms with Crippen LogP contribution in [0.25, 0.3) is 11.5 Å². The molecule has 0 aliphatic carbocycles. The predicted molar refractivity (Wildman–Crippen MR) is 67.9 cm³/mol. The van der Waals surface area contributed by atoms with Gasteiger partial charge >= 0.3 is 0 Å². The van der Waals surface area contributed by atoms with Crippen molar-refractivity contribution in [3.8, 4) is 11.5 Å². The molecule has 7 nitrogen and oxygen atoms in total. The zero-order valence-corrected chi connectivity index (χ0v) is 10.2.